The summed E-state index contributed by atoms with van der Waals surface area (Å²) in [4.78, 5) is 7.99. The number of anilines is 4. The first-order valence-corrected chi connectivity index (χ1v) is 23.3. The summed E-state index contributed by atoms with van der Waals surface area (Å²) < 4.78 is 199. The maximum Gasteiger partial charge on any atom is 0.137 e. The molecule has 0 saturated heterocycles. The second-order valence-electron chi connectivity index (χ2n) is 20.6. The molecule has 0 saturated carbocycles. The van der Waals surface area contributed by atoms with Gasteiger partial charge in [-0.15, -0.1) is 0 Å². The van der Waals surface area contributed by atoms with Gasteiger partial charge in [0.05, 0.1) is 56.9 Å². The molecule has 0 radical (unpaired) electrons. The molecule has 0 bridgehead atoms. The summed E-state index contributed by atoms with van der Waals surface area (Å²) in [6.07, 6.45) is -0.597. The molecule has 3 heterocycles. The van der Waals surface area contributed by atoms with Crippen LogP contribution in [0.15, 0.2) is 200 Å². The third-order valence-corrected chi connectivity index (χ3v) is 12.6. The maximum atomic E-state index is 9.78. The number of aromatic nitrogens is 2. The van der Waals surface area contributed by atoms with E-state index in [0.717, 1.165) is 21.3 Å². The molecular weight excluding hydrogens is 865 g/mol. The highest BCUT2D eigenvalue weighted by atomic mass is 16.5. The van der Waals surface area contributed by atoms with Crippen molar-refractivity contribution in [1.29, 1.82) is 0 Å². The molecule has 352 valence electrons. The summed E-state index contributed by atoms with van der Waals surface area (Å²) in [5, 5.41) is -0.593. The van der Waals surface area contributed by atoms with Crippen molar-refractivity contribution in [3.05, 3.63) is 217 Å². The van der Waals surface area contributed by atoms with Crippen molar-refractivity contribution in [2.24, 2.45) is 0 Å². The Bertz CT molecular complexity index is 4810. The van der Waals surface area contributed by atoms with Gasteiger partial charge in [0.2, 0.25) is 0 Å². The van der Waals surface area contributed by atoms with E-state index in [1.165, 1.54) is 12.1 Å². The number of pyridine rings is 1. The Balaban J connectivity index is 1.16. The number of para-hydroxylation sites is 2. The van der Waals surface area contributed by atoms with Crippen LogP contribution < -0.4 is 14.5 Å². The van der Waals surface area contributed by atoms with E-state index in [2.05, 4.69) is 31.8 Å². The number of rotatable bonds is 8. The van der Waals surface area contributed by atoms with Gasteiger partial charge in [-0.3, -0.25) is 4.57 Å². The summed E-state index contributed by atoms with van der Waals surface area (Å²) >= 11 is 0. The van der Waals surface area contributed by atoms with E-state index in [1.807, 2.05) is 62.1 Å². The Labute approximate surface area is 449 Å². The van der Waals surface area contributed by atoms with Crippen molar-refractivity contribution in [2.75, 3.05) is 16.5 Å². The standard InChI is InChI=1S/C66H62N4O/c1-64(2,3)48-25-18-24-47(36-48)56-39-50(66(7,8)9)38-55(45-22-14-11-15-23-45)63(56)69-43-68(59-28-16-17-29-60(59)69)51-26-19-27-52(41-51)71-53-31-32-54-57-37-46(44-20-12-10-13-21-44)30-33-58(57)70(61(54)42-53)62-40-49(34-35-67-62)65(4,5)6/h10-42H,43H2,1-9H3/i10D,11D,12D,13D,14D,15D,19D,20D,21D,22D,23D,26D,27D,30D,31D,32D,33D,34D,35D,37D,40D. The van der Waals surface area contributed by atoms with E-state index in [9.17, 15) is 15.1 Å². The third kappa shape index (κ3) is 8.65. The van der Waals surface area contributed by atoms with Crippen LogP contribution in [0.3, 0.4) is 0 Å². The van der Waals surface area contributed by atoms with Crippen molar-refractivity contribution < 1.29 is 33.5 Å². The van der Waals surface area contributed by atoms with Crippen LogP contribution in [0.1, 0.15) is 108 Å². The molecule has 5 heteroatoms. The fourth-order valence-corrected chi connectivity index (χ4v) is 8.81. The van der Waals surface area contributed by atoms with E-state index in [-0.39, 0.29) is 68.3 Å². The van der Waals surface area contributed by atoms with Gasteiger partial charge in [0.15, 0.2) is 0 Å². The molecule has 0 amide bonds. The van der Waals surface area contributed by atoms with Gasteiger partial charge in [-0.2, -0.15) is 0 Å². The van der Waals surface area contributed by atoms with Gasteiger partial charge in [-0.05, 0) is 128 Å². The van der Waals surface area contributed by atoms with Gasteiger partial charge in [0.25, 0.3) is 0 Å². The van der Waals surface area contributed by atoms with Crippen LogP contribution in [0.2, 0.25) is 0 Å². The molecule has 2 aromatic heterocycles. The number of nitrogens with zero attached hydrogens (tertiary/aromatic N) is 4. The van der Waals surface area contributed by atoms with Gasteiger partial charge < -0.3 is 14.5 Å². The second-order valence-corrected chi connectivity index (χ2v) is 20.6. The minimum absolute atomic E-state index is 0.0211. The Hall–Kier alpha value is -7.89. The lowest BCUT2D eigenvalue weighted by atomic mass is 9.81. The minimum atomic E-state index is -0.973. The van der Waals surface area contributed by atoms with Crippen LogP contribution in [-0.2, 0) is 16.2 Å². The van der Waals surface area contributed by atoms with Crippen molar-refractivity contribution in [2.45, 2.75) is 78.6 Å². The third-order valence-electron chi connectivity index (χ3n) is 12.6. The summed E-state index contributed by atoms with van der Waals surface area (Å²) in [7, 11) is 0. The van der Waals surface area contributed by atoms with E-state index in [4.69, 9.17) is 18.4 Å². The van der Waals surface area contributed by atoms with Crippen LogP contribution >= 0.6 is 0 Å². The first kappa shape index (κ1) is 27.5. The van der Waals surface area contributed by atoms with E-state index >= 15 is 0 Å². The summed E-state index contributed by atoms with van der Waals surface area (Å²) in [6, 6.07) is 9.25. The molecule has 11 rings (SSSR count). The van der Waals surface area contributed by atoms with Gasteiger partial charge in [-0.1, -0.05) is 171 Å². The van der Waals surface area contributed by atoms with Crippen LogP contribution in [0, 0.1) is 0 Å². The Morgan fingerprint density at radius 1 is 0.479 bits per heavy atom. The molecule has 0 atom stereocenters. The fourth-order valence-electron chi connectivity index (χ4n) is 8.81. The zero-order chi connectivity index (χ0) is 67.5. The van der Waals surface area contributed by atoms with E-state index < -0.39 is 149 Å². The second kappa shape index (κ2) is 17.5. The Kier molecular flexibility index (Phi) is 6.78. The fraction of sp³-hybridized carbons (Fsp3) is 0.197. The highest BCUT2D eigenvalue weighted by Gasteiger charge is 2.33. The lowest BCUT2D eigenvalue weighted by Crippen LogP contribution is -2.25. The largest absolute Gasteiger partial charge is 0.457 e. The summed E-state index contributed by atoms with van der Waals surface area (Å²) in [5.74, 6) is -1.24. The van der Waals surface area contributed by atoms with Crippen LogP contribution in [0.5, 0.6) is 11.5 Å². The van der Waals surface area contributed by atoms with Gasteiger partial charge >= 0.3 is 0 Å². The van der Waals surface area contributed by atoms with E-state index in [1.54, 1.807) is 43.9 Å². The average molecular weight is 948 g/mol. The van der Waals surface area contributed by atoms with Gasteiger partial charge in [0.1, 0.15) is 24.0 Å². The molecule has 1 aliphatic heterocycles. The number of hydrogen-bond acceptors (Lipinski definition) is 4. The first-order valence-electron chi connectivity index (χ1n) is 33.8. The molecule has 0 fully saturated rings. The van der Waals surface area contributed by atoms with E-state index in [0.29, 0.717) is 28.2 Å². The maximum absolute atomic E-state index is 9.78. The first-order chi connectivity index (χ1) is 42.8. The van der Waals surface area contributed by atoms with Crippen molar-refractivity contribution >= 4 is 44.6 Å². The van der Waals surface area contributed by atoms with Gasteiger partial charge in [-0.25, -0.2) is 4.98 Å². The van der Waals surface area contributed by atoms with Crippen molar-refractivity contribution in [1.82, 2.24) is 9.55 Å². The molecule has 8 aromatic carbocycles. The molecule has 0 aliphatic carbocycles. The summed E-state index contributed by atoms with van der Waals surface area (Å²) in [6.45, 7) is 17.3. The monoisotopic (exact) mass is 948 g/mol. The van der Waals surface area contributed by atoms with Crippen LogP contribution in [-0.4, -0.2) is 16.2 Å². The summed E-state index contributed by atoms with van der Waals surface area (Å²) in [5.41, 5.74) is 1.52. The Morgan fingerprint density at radius 2 is 1.14 bits per heavy atom. The molecule has 0 spiro atoms. The SMILES string of the molecule is [2H]c1nc(-n2c3cc(Oc4cc(N5CN(c6c(-c7cccc(C(C)(C)C)c7)cc(C(C)(C)C)cc6-c6c([2H])c([2H])c([2H])c([2H])c6[2H])c6ccccc65)c([2H])c([2H])c4[2H])c([2H])c([2H])c3c3c([2H])c(-c4c([2H])c([2H])c([2H])c([2H])c4[2H])c([2H])c([2H])c32)c([2H])c(C(C)(C)C)c1[2H]. The molecule has 71 heavy (non-hydrogen) atoms. The zero-order valence-corrected chi connectivity index (χ0v) is 40.8. The number of benzene rings is 8. The lowest BCUT2D eigenvalue weighted by molar-refractivity contribution is 0.483. The predicted molar refractivity (Wildman–Crippen MR) is 300 cm³/mol. The minimum Gasteiger partial charge on any atom is -0.457 e. The molecule has 1 aliphatic rings. The van der Waals surface area contributed by atoms with Crippen LogP contribution in [0.25, 0.3) is 61.0 Å². The molecule has 0 unspecified atom stereocenters. The molecule has 10 aromatic rings. The smallest absolute Gasteiger partial charge is 0.137 e. The number of hydrogen-bond donors (Lipinski definition) is 0. The number of fused-ring (bicyclic) bond motifs is 4. The highest BCUT2D eigenvalue weighted by Crippen LogP contribution is 2.52. The zero-order valence-electron chi connectivity index (χ0n) is 61.8. The topological polar surface area (TPSA) is 33.5 Å². The molecule has 5 nitrogen and oxygen atoms in total. The van der Waals surface area contributed by atoms with Crippen LogP contribution in [0.4, 0.5) is 22.7 Å². The molecule has 0 N–H and O–H groups in total. The van der Waals surface area contributed by atoms with Crippen molar-refractivity contribution in [3.8, 4) is 50.7 Å². The quantitative estimate of drug-likeness (QED) is 0.152. The average Bonchev–Trinajstić information content (AvgIpc) is 1.52. The predicted octanol–water partition coefficient (Wildman–Crippen LogP) is 18.1. The normalized spacial score (nSPS) is 17.2. The lowest BCUT2D eigenvalue weighted by Gasteiger charge is -2.30. The van der Waals surface area contributed by atoms with Crippen molar-refractivity contribution in [3.63, 3.8) is 0 Å². The van der Waals surface area contributed by atoms with Gasteiger partial charge in [0, 0.05) is 45.9 Å². The molecular formula is C66H62N4O. The number of ether oxygens (including phenoxy) is 1. The highest BCUT2D eigenvalue weighted by molar-refractivity contribution is 6.11. The Morgan fingerprint density at radius 3 is 1.85 bits per heavy atom.